The number of benzene rings is 3. The van der Waals surface area contributed by atoms with Gasteiger partial charge in [0.25, 0.3) is 0 Å². The highest BCUT2D eigenvalue weighted by Crippen LogP contribution is 2.29. The van der Waals surface area contributed by atoms with E-state index in [9.17, 15) is 5.11 Å². The Morgan fingerprint density at radius 2 is 1.31 bits per heavy atom. The molecule has 0 radical (unpaired) electrons. The van der Waals surface area contributed by atoms with Gasteiger partial charge < -0.3 is 20.3 Å². The summed E-state index contributed by atoms with van der Waals surface area (Å²) in [6, 6.07) is 19.2. The van der Waals surface area contributed by atoms with Gasteiger partial charge in [0, 0.05) is 5.56 Å². The first-order chi connectivity index (χ1) is 15.5. The topological polar surface area (TPSA) is 88.6 Å². The molecule has 0 bridgehead atoms. The zero-order chi connectivity index (χ0) is 22.9. The number of hydrogen-bond donors (Lipinski definition) is 3. The number of amidine groups is 1. The van der Waals surface area contributed by atoms with E-state index in [2.05, 4.69) is 26.0 Å². The highest BCUT2D eigenvalue weighted by Gasteiger charge is 2.09. The number of aromatic hydroxyl groups is 1. The maximum Gasteiger partial charge on any atom is 0.122 e. The summed E-state index contributed by atoms with van der Waals surface area (Å²) in [7, 11) is 0. The molecule has 0 fully saturated rings. The Morgan fingerprint density at radius 1 is 0.781 bits per heavy atom. The van der Waals surface area contributed by atoms with Crippen LogP contribution in [-0.4, -0.2) is 24.2 Å². The Hall–Kier alpha value is -3.47. The van der Waals surface area contributed by atoms with Crippen molar-refractivity contribution in [2.24, 2.45) is 5.73 Å². The molecule has 168 valence electrons. The van der Waals surface area contributed by atoms with E-state index in [1.807, 2.05) is 36.4 Å². The van der Waals surface area contributed by atoms with Gasteiger partial charge in [0.2, 0.25) is 0 Å². The lowest BCUT2D eigenvalue weighted by Crippen LogP contribution is -2.11. The number of nitrogens with two attached hydrogens (primary N) is 1. The van der Waals surface area contributed by atoms with E-state index in [0.29, 0.717) is 13.2 Å². The van der Waals surface area contributed by atoms with Crippen LogP contribution in [0.1, 0.15) is 43.4 Å². The molecule has 0 spiro atoms. The van der Waals surface area contributed by atoms with Crippen molar-refractivity contribution < 1.29 is 14.6 Å². The average Bonchev–Trinajstić information content (AvgIpc) is 2.79. The number of phenols is 1. The monoisotopic (exact) mass is 432 g/mol. The molecule has 0 saturated heterocycles. The van der Waals surface area contributed by atoms with Crippen LogP contribution in [0.15, 0.2) is 60.7 Å². The third kappa shape index (κ3) is 6.03. The van der Waals surface area contributed by atoms with Crippen LogP contribution in [0.5, 0.6) is 17.2 Å². The summed E-state index contributed by atoms with van der Waals surface area (Å²) in [5.41, 5.74) is 10.6. The van der Waals surface area contributed by atoms with Gasteiger partial charge in [-0.2, -0.15) is 0 Å². The summed E-state index contributed by atoms with van der Waals surface area (Å²) in [5, 5.41) is 17.3. The maximum atomic E-state index is 9.71. The summed E-state index contributed by atoms with van der Waals surface area (Å²) in [4.78, 5) is 0. The highest BCUT2D eigenvalue weighted by molar-refractivity contribution is 5.95. The zero-order valence-corrected chi connectivity index (χ0v) is 18.9. The van der Waals surface area contributed by atoms with Gasteiger partial charge in [0.05, 0.1) is 0 Å². The van der Waals surface area contributed by atoms with Gasteiger partial charge in [0.15, 0.2) is 0 Å². The van der Waals surface area contributed by atoms with Crippen molar-refractivity contribution >= 4 is 5.84 Å². The van der Waals surface area contributed by atoms with Crippen molar-refractivity contribution in [3.63, 3.8) is 0 Å². The number of hydrogen-bond acceptors (Lipinski definition) is 4. The molecule has 3 aromatic carbocycles. The second-order valence-electron chi connectivity index (χ2n) is 7.80. The molecule has 5 nitrogen and oxygen atoms in total. The van der Waals surface area contributed by atoms with Gasteiger partial charge in [-0.25, -0.2) is 0 Å². The molecular weight excluding hydrogens is 400 g/mol. The number of ether oxygens (including phenoxy) is 2. The lowest BCUT2D eigenvalue weighted by molar-refractivity contribution is 0.214. The van der Waals surface area contributed by atoms with Crippen LogP contribution < -0.4 is 15.2 Å². The summed E-state index contributed by atoms with van der Waals surface area (Å²) in [6.07, 6.45) is 3.79. The standard InChI is InChI=1S/C27H32N2O3/c1-3-5-22-17-21(19-7-9-20(10-8-19)27(28)29)11-13-25(22)31-15-16-32-26-14-12-24(30)18-23(26)6-4-2/h7-14,17-18,30H,3-6,15-16H2,1-2H3,(H3,28,29). The normalized spacial score (nSPS) is 10.7. The molecule has 0 aliphatic heterocycles. The van der Waals surface area contributed by atoms with Crippen molar-refractivity contribution in [2.75, 3.05) is 13.2 Å². The number of phenolic OH excluding ortho intramolecular Hbond substituents is 1. The third-order valence-electron chi connectivity index (χ3n) is 5.27. The Kier molecular flexibility index (Phi) is 8.14. The fourth-order valence-electron chi connectivity index (χ4n) is 3.68. The molecule has 5 heteroatoms. The fourth-order valence-corrected chi connectivity index (χ4v) is 3.68. The van der Waals surface area contributed by atoms with Crippen LogP contribution in [0.2, 0.25) is 0 Å². The molecule has 0 atom stereocenters. The van der Waals surface area contributed by atoms with Crippen molar-refractivity contribution in [1.82, 2.24) is 0 Å². The van der Waals surface area contributed by atoms with Crippen LogP contribution in [0.4, 0.5) is 0 Å². The molecule has 0 aliphatic carbocycles. The Labute approximate surface area is 190 Å². The molecule has 32 heavy (non-hydrogen) atoms. The van der Waals surface area contributed by atoms with Crippen LogP contribution in [0.25, 0.3) is 11.1 Å². The van der Waals surface area contributed by atoms with Crippen molar-refractivity contribution in [3.05, 3.63) is 77.4 Å². The molecule has 0 aromatic heterocycles. The van der Waals surface area contributed by atoms with E-state index in [0.717, 1.165) is 65.0 Å². The SMILES string of the molecule is CCCc1cc(O)ccc1OCCOc1ccc(-c2ccc(C(=N)N)cc2)cc1CCC. The number of aryl methyl sites for hydroxylation is 2. The molecule has 3 rings (SSSR count). The predicted molar refractivity (Wildman–Crippen MR) is 130 cm³/mol. The van der Waals surface area contributed by atoms with Crippen molar-refractivity contribution in [2.45, 2.75) is 39.5 Å². The van der Waals surface area contributed by atoms with Crippen LogP contribution >= 0.6 is 0 Å². The van der Waals surface area contributed by atoms with Crippen LogP contribution in [-0.2, 0) is 12.8 Å². The molecule has 0 saturated carbocycles. The number of rotatable bonds is 11. The van der Waals surface area contributed by atoms with E-state index >= 15 is 0 Å². The second-order valence-corrected chi connectivity index (χ2v) is 7.80. The molecule has 0 unspecified atom stereocenters. The summed E-state index contributed by atoms with van der Waals surface area (Å²) < 4.78 is 12.0. The minimum Gasteiger partial charge on any atom is -0.508 e. The van der Waals surface area contributed by atoms with Crippen molar-refractivity contribution in [1.29, 1.82) is 5.41 Å². The molecule has 0 heterocycles. The van der Waals surface area contributed by atoms with Gasteiger partial charge in [-0.1, -0.05) is 57.0 Å². The Balaban J connectivity index is 1.66. The summed E-state index contributed by atoms with van der Waals surface area (Å²) in [6.45, 7) is 5.13. The molecule has 0 aliphatic rings. The minimum absolute atomic E-state index is 0.0725. The van der Waals surface area contributed by atoms with Crippen molar-refractivity contribution in [3.8, 4) is 28.4 Å². The van der Waals surface area contributed by atoms with E-state index < -0.39 is 0 Å². The van der Waals surface area contributed by atoms with E-state index in [1.54, 1.807) is 12.1 Å². The Bertz CT molecular complexity index is 1050. The Morgan fingerprint density at radius 3 is 1.88 bits per heavy atom. The number of nitrogens with one attached hydrogen (secondary N) is 1. The quantitative estimate of drug-likeness (QED) is 0.206. The van der Waals surface area contributed by atoms with Crippen LogP contribution in [0.3, 0.4) is 0 Å². The third-order valence-corrected chi connectivity index (χ3v) is 5.27. The van der Waals surface area contributed by atoms with E-state index in [-0.39, 0.29) is 11.6 Å². The van der Waals surface area contributed by atoms with Gasteiger partial charge in [0.1, 0.15) is 36.3 Å². The molecule has 0 amide bonds. The summed E-state index contributed by atoms with van der Waals surface area (Å²) >= 11 is 0. The molecule has 4 N–H and O–H groups in total. The zero-order valence-electron chi connectivity index (χ0n) is 18.9. The smallest absolute Gasteiger partial charge is 0.122 e. The lowest BCUT2D eigenvalue weighted by Gasteiger charge is -2.15. The first-order valence-corrected chi connectivity index (χ1v) is 11.2. The predicted octanol–water partition coefficient (Wildman–Crippen LogP) is 5.71. The first-order valence-electron chi connectivity index (χ1n) is 11.2. The van der Waals surface area contributed by atoms with Gasteiger partial charge in [-0.05, 0) is 65.4 Å². The molecular formula is C27H32N2O3. The van der Waals surface area contributed by atoms with Crippen LogP contribution in [0, 0.1) is 5.41 Å². The maximum absolute atomic E-state index is 9.71. The lowest BCUT2D eigenvalue weighted by atomic mass is 9.99. The van der Waals surface area contributed by atoms with Gasteiger partial charge >= 0.3 is 0 Å². The van der Waals surface area contributed by atoms with E-state index in [1.165, 1.54) is 0 Å². The number of nitrogen functional groups attached to an aromatic ring is 1. The van der Waals surface area contributed by atoms with E-state index in [4.69, 9.17) is 20.6 Å². The minimum atomic E-state index is 0.0725. The first kappa shape index (κ1) is 23.2. The largest absolute Gasteiger partial charge is 0.508 e. The second kappa shape index (κ2) is 11.2. The fraction of sp³-hybridized carbons (Fsp3) is 0.296. The average molecular weight is 433 g/mol. The highest BCUT2D eigenvalue weighted by atomic mass is 16.5. The van der Waals surface area contributed by atoms with Gasteiger partial charge in [-0.3, -0.25) is 5.41 Å². The molecule has 3 aromatic rings. The van der Waals surface area contributed by atoms with Gasteiger partial charge in [-0.15, -0.1) is 0 Å². The summed E-state index contributed by atoms with van der Waals surface area (Å²) in [5.74, 6) is 2.01.